The van der Waals surface area contributed by atoms with Gasteiger partial charge in [0.2, 0.25) is 5.91 Å². The molecule has 0 saturated carbocycles. The maximum atomic E-state index is 13.5. The molecular formula is C22H32N6O7. The lowest BCUT2D eigenvalue weighted by atomic mass is 9.86. The van der Waals surface area contributed by atoms with E-state index in [-0.39, 0.29) is 38.5 Å². The first-order chi connectivity index (χ1) is 16.7. The van der Waals surface area contributed by atoms with Gasteiger partial charge in [0.05, 0.1) is 18.8 Å². The van der Waals surface area contributed by atoms with E-state index < -0.39 is 54.5 Å². The number of aliphatic imine (C=N–C) groups is 1. The maximum Gasteiger partial charge on any atom is 0.408 e. The Morgan fingerprint density at radius 2 is 1.94 bits per heavy atom. The van der Waals surface area contributed by atoms with Crippen molar-refractivity contribution in [3.8, 4) is 0 Å². The van der Waals surface area contributed by atoms with Gasteiger partial charge in [-0.3, -0.25) is 14.6 Å². The zero-order valence-corrected chi connectivity index (χ0v) is 19.2. The monoisotopic (exact) mass is 492 g/mol. The Balaban J connectivity index is 2.21. The number of aldehydes is 1. The van der Waals surface area contributed by atoms with E-state index in [2.05, 4.69) is 10.3 Å². The van der Waals surface area contributed by atoms with Crippen molar-refractivity contribution in [1.82, 2.24) is 10.2 Å². The molecule has 1 fully saturated rings. The molecule has 192 valence electrons. The number of ketones is 1. The third-order valence-corrected chi connectivity index (χ3v) is 5.63. The fraction of sp³-hybridized carbons (Fsp3) is 0.500. The summed E-state index contributed by atoms with van der Waals surface area (Å²) in [7, 11) is 0. The SMILES string of the molecule is NC(N)=NCCC(C(=O)[C@@H]1[C@@H](O)CCN1C(=O)[C@H](N)CO)[C@@H](C=O)NC(=O)OCc1ccccc1. The lowest BCUT2D eigenvalue weighted by Crippen LogP contribution is -2.56. The van der Waals surface area contributed by atoms with E-state index in [9.17, 15) is 29.4 Å². The minimum absolute atomic E-state index is 0.0308. The number of hydrogen-bond donors (Lipinski definition) is 6. The molecule has 13 nitrogen and oxygen atoms in total. The number of aliphatic hydroxyl groups is 2. The first-order valence-corrected chi connectivity index (χ1v) is 11.1. The number of nitrogens with zero attached hydrogens (tertiary/aromatic N) is 2. The normalized spacial score (nSPS) is 19.8. The van der Waals surface area contributed by atoms with Gasteiger partial charge in [0.1, 0.15) is 25.0 Å². The third-order valence-electron chi connectivity index (χ3n) is 5.63. The maximum absolute atomic E-state index is 13.5. The van der Waals surface area contributed by atoms with Crippen molar-refractivity contribution in [3.63, 3.8) is 0 Å². The molecular weight excluding hydrogens is 460 g/mol. The van der Waals surface area contributed by atoms with Crippen LogP contribution in [0.25, 0.3) is 0 Å². The predicted octanol–water partition coefficient (Wildman–Crippen LogP) is -2.39. The summed E-state index contributed by atoms with van der Waals surface area (Å²) in [5.74, 6) is -2.83. The van der Waals surface area contributed by atoms with Crippen molar-refractivity contribution >= 4 is 30.0 Å². The Kier molecular flexibility index (Phi) is 10.6. The van der Waals surface area contributed by atoms with E-state index in [4.69, 9.17) is 21.9 Å². The molecule has 1 aliphatic heterocycles. The van der Waals surface area contributed by atoms with Gasteiger partial charge < -0.3 is 47.2 Å². The lowest BCUT2D eigenvalue weighted by Gasteiger charge is -2.31. The molecule has 35 heavy (non-hydrogen) atoms. The standard InChI is InChI=1S/C22H32N6O7/c23-15(10-29)20(33)28-9-7-17(31)18(28)19(32)14(6-8-26-21(24)25)16(11-30)27-22(34)35-12-13-4-2-1-3-5-13/h1-5,11,14-18,29,31H,6-10,12,23H2,(H,27,34)(H4,24,25,26)/t14?,15-,16-,17+,18+/m1/s1. The summed E-state index contributed by atoms with van der Waals surface area (Å²) in [4.78, 5) is 55.2. The second-order valence-electron chi connectivity index (χ2n) is 8.09. The Labute approximate surface area is 202 Å². The number of Topliss-reactive ketones (excluding diaryl/α,β-unsaturated/α-hetero) is 1. The van der Waals surface area contributed by atoms with Gasteiger partial charge in [0.15, 0.2) is 11.7 Å². The number of carbonyl (C=O) groups is 4. The fourth-order valence-corrected chi connectivity index (χ4v) is 3.84. The van der Waals surface area contributed by atoms with Crippen LogP contribution >= 0.6 is 0 Å². The summed E-state index contributed by atoms with van der Waals surface area (Å²) >= 11 is 0. The second-order valence-corrected chi connectivity index (χ2v) is 8.09. The van der Waals surface area contributed by atoms with E-state index in [1.54, 1.807) is 30.3 Å². The van der Waals surface area contributed by atoms with Crippen LogP contribution in [0.1, 0.15) is 18.4 Å². The van der Waals surface area contributed by atoms with E-state index in [0.717, 1.165) is 4.90 Å². The summed E-state index contributed by atoms with van der Waals surface area (Å²) in [6, 6.07) is 4.88. The van der Waals surface area contributed by atoms with Crippen LogP contribution < -0.4 is 22.5 Å². The average molecular weight is 493 g/mol. The summed E-state index contributed by atoms with van der Waals surface area (Å²) < 4.78 is 5.14. The molecule has 2 rings (SSSR count). The Morgan fingerprint density at radius 1 is 1.26 bits per heavy atom. The summed E-state index contributed by atoms with van der Waals surface area (Å²) in [5.41, 5.74) is 17.0. The molecule has 1 unspecified atom stereocenters. The highest BCUT2D eigenvalue weighted by molar-refractivity contribution is 5.95. The van der Waals surface area contributed by atoms with Gasteiger partial charge >= 0.3 is 6.09 Å². The Morgan fingerprint density at radius 3 is 2.54 bits per heavy atom. The number of amides is 2. The zero-order valence-electron chi connectivity index (χ0n) is 19.2. The van der Waals surface area contributed by atoms with E-state index in [0.29, 0.717) is 11.8 Å². The highest BCUT2D eigenvalue weighted by Gasteiger charge is 2.46. The Hall–Kier alpha value is -3.55. The number of nitrogens with one attached hydrogen (secondary N) is 1. The van der Waals surface area contributed by atoms with Crippen LogP contribution in [0, 0.1) is 5.92 Å². The van der Waals surface area contributed by atoms with Gasteiger partial charge in [-0.2, -0.15) is 0 Å². The molecule has 1 heterocycles. The molecule has 1 aromatic carbocycles. The molecule has 9 N–H and O–H groups in total. The van der Waals surface area contributed by atoms with E-state index in [1.807, 2.05) is 0 Å². The number of likely N-dealkylation sites (tertiary alicyclic amines) is 1. The molecule has 13 heteroatoms. The molecule has 1 aromatic rings. The van der Waals surface area contributed by atoms with Crippen molar-refractivity contribution in [3.05, 3.63) is 35.9 Å². The number of alkyl carbamates (subject to hydrolysis) is 1. The van der Waals surface area contributed by atoms with Crippen LogP contribution in [0.5, 0.6) is 0 Å². The Bertz CT molecular complexity index is 909. The van der Waals surface area contributed by atoms with Crippen molar-refractivity contribution in [1.29, 1.82) is 0 Å². The largest absolute Gasteiger partial charge is 0.445 e. The van der Waals surface area contributed by atoms with Gasteiger partial charge in [-0.25, -0.2) is 4.79 Å². The number of hydrogen-bond acceptors (Lipinski definition) is 9. The summed E-state index contributed by atoms with van der Waals surface area (Å²) in [6.45, 7) is -0.737. The second kappa shape index (κ2) is 13.4. The zero-order chi connectivity index (χ0) is 26.0. The number of aliphatic hydroxyl groups excluding tert-OH is 2. The molecule has 0 aliphatic carbocycles. The highest BCUT2D eigenvalue weighted by atomic mass is 16.5. The quantitative estimate of drug-likeness (QED) is 0.103. The predicted molar refractivity (Wildman–Crippen MR) is 125 cm³/mol. The van der Waals surface area contributed by atoms with E-state index >= 15 is 0 Å². The van der Waals surface area contributed by atoms with Crippen molar-refractivity contribution < 1.29 is 34.1 Å². The van der Waals surface area contributed by atoms with Gasteiger partial charge in [-0.1, -0.05) is 30.3 Å². The molecule has 2 amide bonds. The van der Waals surface area contributed by atoms with Crippen LogP contribution in [0.3, 0.4) is 0 Å². The first-order valence-electron chi connectivity index (χ1n) is 11.1. The first kappa shape index (κ1) is 27.7. The van der Waals surface area contributed by atoms with Crippen LogP contribution in [0.15, 0.2) is 35.3 Å². The number of rotatable bonds is 12. The van der Waals surface area contributed by atoms with Crippen molar-refractivity contribution in [2.75, 3.05) is 19.7 Å². The van der Waals surface area contributed by atoms with Crippen LogP contribution in [-0.2, 0) is 25.7 Å². The number of benzene rings is 1. The molecule has 0 aromatic heterocycles. The van der Waals surface area contributed by atoms with Gasteiger partial charge in [-0.15, -0.1) is 0 Å². The summed E-state index contributed by atoms with van der Waals surface area (Å²) in [6.07, 6.45) is -1.77. The van der Waals surface area contributed by atoms with Gasteiger partial charge in [-0.05, 0) is 18.4 Å². The van der Waals surface area contributed by atoms with E-state index in [1.165, 1.54) is 0 Å². The molecule has 0 radical (unpaired) electrons. The third kappa shape index (κ3) is 7.73. The lowest BCUT2D eigenvalue weighted by molar-refractivity contribution is -0.143. The van der Waals surface area contributed by atoms with Crippen LogP contribution in [0.2, 0.25) is 0 Å². The van der Waals surface area contributed by atoms with Gasteiger partial charge in [0.25, 0.3) is 0 Å². The van der Waals surface area contributed by atoms with Crippen LogP contribution in [0.4, 0.5) is 4.79 Å². The number of nitrogens with two attached hydrogens (primary N) is 3. The number of carbonyl (C=O) groups excluding carboxylic acids is 4. The molecule has 5 atom stereocenters. The smallest absolute Gasteiger partial charge is 0.408 e. The van der Waals surface area contributed by atoms with Crippen LogP contribution in [-0.4, -0.2) is 89.1 Å². The van der Waals surface area contributed by atoms with Crippen molar-refractivity contribution in [2.45, 2.75) is 43.7 Å². The average Bonchev–Trinajstić information content (AvgIpc) is 3.24. The topological polar surface area (TPSA) is 224 Å². The summed E-state index contributed by atoms with van der Waals surface area (Å²) in [5, 5.41) is 22.0. The van der Waals surface area contributed by atoms with Gasteiger partial charge in [0, 0.05) is 19.0 Å². The fourth-order valence-electron chi connectivity index (χ4n) is 3.84. The molecule has 1 saturated heterocycles. The minimum Gasteiger partial charge on any atom is -0.445 e. The number of guanidine groups is 1. The number of ether oxygens (including phenoxy) is 1. The molecule has 0 spiro atoms. The highest BCUT2D eigenvalue weighted by Crippen LogP contribution is 2.25. The molecule has 0 bridgehead atoms. The minimum atomic E-state index is -1.35. The van der Waals surface area contributed by atoms with Crippen molar-refractivity contribution in [2.24, 2.45) is 28.1 Å². The molecule has 1 aliphatic rings.